The van der Waals surface area contributed by atoms with Crippen LogP contribution in [0.4, 0.5) is 0 Å². The molecule has 27 heavy (non-hydrogen) atoms. The molecule has 0 saturated heterocycles. The Morgan fingerprint density at radius 2 is 1.93 bits per heavy atom. The van der Waals surface area contributed by atoms with Gasteiger partial charge in [0, 0.05) is 13.1 Å². The van der Waals surface area contributed by atoms with Gasteiger partial charge in [-0.1, -0.05) is 20.8 Å². The molecule has 1 heterocycles. The van der Waals surface area contributed by atoms with Crippen LogP contribution in [0.1, 0.15) is 57.0 Å². The average Bonchev–Trinajstić information content (AvgIpc) is 3.18. The van der Waals surface area contributed by atoms with E-state index in [-0.39, 0.29) is 30.2 Å². The fraction of sp³-hybridized carbons (Fsp3) is 0.650. The number of likely N-dealkylation sites (N-methyl/N-ethyl adjacent to an activating group) is 1. The topological polar surface area (TPSA) is 88.9 Å². The predicted molar refractivity (Wildman–Crippen MR) is 99.9 cm³/mol. The lowest BCUT2D eigenvalue weighted by atomic mass is 9.87. The second kappa shape index (κ2) is 9.58. The standard InChI is InChI=1S/C20H30N2O5/c1-13(2)18(21-19(24)16-6-5-11-26-16)20(25)27-12-17(23)22(4)15-9-7-14(3)8-10-15/h5-6,11,13-15,18H,7-10,12H2,1-4H3,(H,21,24)/t14?,15?,18-/m0/s1. The molecule has 1 aliphatic rings. The van der Waals surface area contributed by atoms with E-state index in [2.05, 4.69) is 12.2 Å². The van der Waals surface area contributed by atoms with Crippen molar-refractivity contribution in [1.82, 2.24) is 10.2 Å². The first-order chi connectivity index (χ1) is 12.8. The quantitative estimate of drug-likeness (QED) is 0.737. The molecule has 0 aliphatic heterocycles. The zero-order valence-corrected chi connectivity index (χ0v) is 16.6. The predicted octanol–water partition coefficient (Wildman–Crippen LogP) is 2.61. The second-order valence-electron chi connectivity index (χ2n) is 7.70. The highest BCUT2D eigenvalue weighted by Gasteiger charge is 2.29. The number of ether oxygens (including phenoxy) is 1. The van der Waals surface area contributed by atoms with Crippen molar-refractivity contribution in [2.24, 2.45) is 11.8 Å². The molecule has 0 radical (unpaired) electrons. The molecule has 7 heteroatoms. The first-order valence-electron chi connectivity index (χ1n) is 9.56. The van der Waals surface area contributed by atoms with Crippen LogP contribution in [0.5, 0.6) is 0 Å². The summed E-state index contributed by atoms with van der Waals surface area (Å²) in [7, 11) is 1.76. The summed E-state index contributed by atoms with van der Waals surface area (Å²) < 4.78 is 10.2. The van der Waals surface area contributed by atoms with Gasteiger partial charge < -0.3 is 19.4 Å². The molecule has 0 spiro atoms. The number of hydrogen-bond donors (Lipinski definition) is 1. The highest BCUT2D eigenvalue weighted by atomic mass is 16.5. The van der Waals surface area contributed by atoms with Crippen LogP contribution in [0, 0.1) is 11.8 Å². The summed E-state index contributed by atoms with van der Waals surface area (Å²) in [6, 6.07) is 2.46. The van der Waals surface area contributed by atoms with Crippen LogP contribution in [0.2, 0.25) is 0 Å². The van der Waals surface area contributed by atoms with Gasteiger partial charge in [0.25, 0.3) is 11.8 Å². The van der Waals surface area contributed by atoms with Crippen molar-refractivity contribution < 1.29 is 23.5 Å². The number of furan rings is 1. The van der Waals surface area contributed by atoms with Crippen LogP contribution in [-0.2, 0) is 14.3 Å². The largest absolute Gasteiger partial charge is 0.459 e. The Labute approximate surface area is 160 Å². The minimum atomic E-state index is -0.851. The molecule has 2 rings (SSSR count). The van der Waals surface area contributed by atoms with Gasteiger partial charge in [0.1, 0.15) is 6.04 Å². The summed E-state index contributed by atoms with van der Waals surface area (Å²) in [4.78, 5) is 38.6. The molecule has 1 N–H and O–H groups in total. The molecule has 0 bridgehead atoms. The Balaban J connectivity index is 1.85. The third kappa shape index (κ3) is 5.84. The molecule has 0 aromatic carbocycles. The summed E-state index contributed by atoms with van der Waals surface area (Å²) >= 11 is 0. The van der Waals surface area contributed by atoms with Crippen LogP contribution in [0.25, 0.3) is 0 Å². The maximum absolute atomic E-state index is 12.4. The Morgan fingerprint density at radius 1 is 1.26 bits per heavy atom. The van der Waals surface area contributed by atoms with E-state index in [0.29, 0.717) is 5.92 Å². The first-order valence-corrected chi connectivity index (χ1v) is 9.56. The first kappa shape index (κ1) is 21.0. The fourth-order valence-corrected chi connectivity index (χ4v) is 3.28. The molecular weight excluding hydrogens is 348 g/mol. The summed E-state index contributed by atoms with van der Waals surface area (Å²) in [5.74, 6) is -0.700. The Hall–Kier alpha value is -2.31. The summed E-state index contributed by atoms with van der Waals surface area (Å²) in [6.07, 6.45) is 5.56. The highest BCUT2D eigenvalue weighted by molar-refractivity contribution is 5.94. The van der Waals surface area contributed by atoms with E-state index in [1.165, 1.54) is 12.3 Å². The van der Waals surface area contributed by atoms with Gasteiger partial charge in [0.2, 0.25) is 0 Å². The van der Waals surface area contributed by atoms with Crippen molar-refractivity contribution in [2.75, 3.05) is 13.7 Å². The van der Waals surface area contributed by atoms with Crippen molar-refractivity contribution in [1.29, 1.82) is 0 Å². The second-order valence-corrected chi connectivity index (χ2v) is 7.70. The molecule has 7 nitrogen and oxygen atoms in total. The molecule has 1 fully saturated rings. The van der Waals surface area contributed by atoms with E-state index in [1.807, 2.05) is 0 Å². The van der Waals surface area contributed by atoms with Crippen LogP contribution >= 0.6 is 0 Å². The van der Waals surface area contributed by atoms with Gasteiger partial charge in [0.05, 0.1) is 6.26 Å². The van der Waals surface area contributed by atoms with E-state index < -0.39 is 17.9 Å². The minimum absolute atomic E-state index is 0.121. The molecule has 0 unspecified atom stereocenters. The van der Waals surface area contributed by atoms with E-state index in [4.69, 9.17) is 9.15 Å². The molecule has 1 aromatic rings. The van der Waals surface area contributed by atoms with Gasteiger partial charge >= 0.3 is 5.97 Å². The van der Waals surface area contributed by atoms with Crippen molar-refractivity contribution in [3.63, 3.8) is 0 Å². The van der Waals surface area contributed by atoms with Crippen LogP contribution in [-0.4, -0.2) is 48.4 Å². The number of rotatable bonds is 7. The maximum Gasteiger partial charge on any atom is 0.329 e. The summed E-state index contributed by atoms with van der Waals surface area (Å²) in [6.45, 7) is 5.50. The van der Waals surface area contributed by atoms with Gasteiger partial charge in [-0.2, -0.15) is 0 Å². The summed E-state index contributed by atoms with van der Waals surface area (Å²) in [5, 5.41) is 2.61. The van der Waals surface area contributed by atoms with E-state index >= 15 is 0 Å². The van der Waals surface area contributed by atoms with Crippen molar-refractivity contribution in [3.05, 3.63) is 24.2 Å². The number of esters is 1. The van der Waals surface area contributed by atoms with Gasteiger partial charge in [-0.15, -0.1) is 0 Å². The van der Waals surface area contributed by atoms with Crippen LogP contribution in [0.3, 0.4) is 0 Å². The molecule has 1 saturated carbocycles. The molecule has 1 aliphatic carbocycles. The Bertz CT molecular complexity index is 633. The zero-order valence-electron chi connectivity index (χ0n) is 16.6. The average molecular weight is 378 g/mol. The zero-order chi connectivity index (χ0) is 20.0. The molecule has 1 atom stereocenters. The van der Waals surface area contributed by atoms with Crippen LogP contribution in [0.15, 0.2) is 22.8 Å². The van der Waals surface area contributed by atoms with E-state index in [9.17, 15) is 14.4 Å². The fourth-order valence-electron chi connectivity index (χ4n) is 3.28. The molecule has 1 aromatic heterocycles. The van der Waals surface area contributed by atoms with Crippen molar-refractivity contribution >= 4 is 17.8 Å². The van der Waals surface area contributed by atoms with Gasteiger partial charge in [-0.05, 0) is 49.7 Å². The smallest absolute Gasteiger partial charge is 0.329 e. The van der Waals surface area contributed by atoms with Gasteiger partial charge in [-0.3, -0.25) is 9.59 Å². The minimum Gasteiger partial charge on any atom is -0.459 e. The number of carbonyl (C=O) groups excluding carboxylic acids is 3. The lowest BCUT2D eigenvalue weighted by Crippen LogP contribution is -2.47. The summed E-state index contributed by atoms with van der Waals surface area (Å²) in [5.41, 5.74) is 0. The number of amides is 2. The van der Waals surface area contributed by atoms with Gasteiger partial charge in [-0.25, -0.2) is 4.79 Å². The highest BCUT2D eigenvalue weighted by Crippen LogP contribution is 2.26. The SMILES string of the molecule is CC1CCC(N(C)C(=O)COC(=O)[C@@H](NC(=O)c2ccco2)C(C)C)CC1. The van der Waals surface area contributed by atoms with E-state index in [0.717, 1.165) is 25.7 Å². The van der Waals surface area contributed by atoms with E-state index in [1.54, 1.807) is 31.9 Å². The lowest BCUT2D eigenvalue weighted by Gasteiger charge is -2.33. The van der Waals surface area contributed by atoms with Gasteiger partial charge in [0.15, 0.2) is 12.4 Å². The van der Waals surface area contributed by atoms with Crippen molar-refractivity contribution in [2.45, 2.75) is 58.5 Å². The number of hydrogen-bond acceptors (Lipinski definition) is 5. The van der Waals surface area contributed by atoms with Crippen molar-refractivity contribution in [3.8, 4) is 0 Å². The third-order valence-electron chi connectivity index (χ3n) is 5.22. The number of nitrogens with zero attached hydrogens (tertiary/aromatic N) is 1. The van der Waals surface area contributed by atoms with Crippen LogP contribution < -0.4 is 5.32 Å². The molecular formula is C20H30N2O5. The maximum atomic E-state index is 12.4. The normalized spacial score (nSPS) is 20.8. The lowest BCUT2D eigenvalue weighted by molar-refractivity contribution is -0.155. The number of carbonyl (C=O) groups is 3. The monoisotopic (exact) mass is 378 g/mol. The third-order valence-corrected chi connectivity index (χ3v) is 5.22. The Kier molecular flexibility index (Phi) is 7.45. The number of nitrogens with one attached hydrogen (secondary N) is 1. The molecule has 150 valence electrons. The Morgan fingerprint density at radius 3 is 2.48 bits per heavy atom. The molecule has 2 amide bonds.